The van der Waals surface area contributed by atoms with E-state index in [1.54, 1.807) is 13.0 Å². The summed E-state index contributed by atoms with van der Waals surface area (Å²) in [6, 6.07) is 2.85. The SMILES string of the molecule is Cc1c(Cl)ccc([N+](=O)[O-])c1NCC=C[C@@H](O)CN. The van der Waals surface area contributed by atoms with Gasteiger partial charge in [0.05, 0.1) is 11.0 Å². The second-order valence-electron chi connectivity index (χ2n) is 3.94. The standard InChI is InChI=1S/C12H16ClN3O3/c1-8-10(13)4-5-11(16(18)19)12(8)15-6-2-3-9(17)7-14/h2-5,9,15,17H,6-7,14H2,1H3/t9-/m1/s1. The van der Waals surface area contributed by atoms with E-state index in [0.717, 1.165) is 0 Å². The van der Waals surface area contributed by atoms with Crippen LogP contribution < -0.4 is 11.1 Å². The molecule has 6 nitrogen and oxygen atoms in total. The first kappa shape index (κ1) is 15.4. The molecule has 0 unspecified atom stereocenters. The highest BCUT2D eigenvalue weighted by Crippen LogP contribution is 2.32. The number of hydrogen-bond acceptors (Lipinski definition) is 5. The van der Waals surface area contributed by atoms with Crippen molar-refractivity contribution in [2.75, 3.05) is 18.4 Å². The van der Waals surface area contributed by atoms with Crippen molar-refractivity contribution < 1.29 is 10.0 Å². The van der Waals surface area contributed by atoms with Crippen LogP contribution in [-0.4, -0.2) is 29.2 Å². The maximum absolute atomic E-state index is 10.9. The highest BCUT2D eigenvalue weighted by atomic mass is 35.5. The van der Waals surface area contributed by atoms with Gasteiger partial charge in [-0.3, -0.25) is 10.1 Å². The minimum absolute atomic E-state index is 0.0327. The summed E-state index contributed by atoms with van der Waals surface area (Å²) in [6.45, 7) is 2.17. The number of hydrogen-bond donors (Lipinski definition) is 3. The summed E-state index contributed by atoms with van der Waals surface area (Å²) in [4.78, 5) is 10.5. The van der Waals surface area contributed by atoms with Gasteiger partial charge in [0.15, 0.2) is 0 Å². The molecule has 0 radical (unpaired) electrons. The molecular formula is C12H16ClN3O3. The van der Waals surface area contributed by atoms with E-state index >= 15 is 0 Å². The van der Waals surface area contributed by atoms with Gasteiger partial charge in [0, 0.05) is 24.2 Å². The fraction of sp³-hybridized carbons (Fsp3) is 0.333. The Morgan fingerprint density at radius 2 is 2.32 bits per heavy atom. The Bertz CT molecular complexity index is 491. The van der Waals surface area contributed by atoms with Crippen molar-refractivity contribution in [2.24, 2.45) is 5.73 Å². The molecule has 0 saturated heterocycles. The molecule has 0 aliphatic carbocycles. The first-order chi connectivity index (χ1) is 8.97. The molecule has 0 aliphatic rings. The van der Waals surface area contributed by atoms with E-state index in [1.807, 2.05) is 0 Å². The molecule has 104 valence electrons. The minimum atomic E-state index is -0.711. The van der Waals surface area contributed by atoms with E-state index in [-0.39, 0.29) is 12.2 Å². The normalized spacial score (nSPS) is 12.6. The monoisotopic (exact) mass is 285 g/mol. The van der Waals surface area contributed by atoms with E-state index in [9.17, 15) is 15.2 Å². The first-order valence-electron chi connectivity index (χ1n) is 5.69. The number of aliphatic hydroxyl groups is 1. The number of benzene rings is 1. The number of nitro benzene ring substituents is 1. The number of anilines is 1. The molecular weight excluding hydrogens is 270 g/mol. The van der Waals surface area contributed by atoms with Crippen molar-refractivity contribution in [3.8, 4) is 0 Å². The molecule has 0 heterocycles. The van der Waals surface area contributed by atoms with Crippen molar-refractivity contribution in [3.05, 3.63) is 45.0 Å². The van der Waals surface area contributed by atoms with Crippen molar-refractivity contribution in [1.29, 1.82) is 0 Å². The fourth-order valence-electron chi connectivity index (χ4n) is 1.51. The van der Waals surface area contributed by atoms with E-state index < -0.39 is 11.0 Å². The lowest BCUT2D eigenvalue weighted by molar-refractivity contribution is -0.384. The van der Waals surface area contributed by atoms with Gasteiger partial charge in [0.25, 0.3) is 5.69 Å². The zero-order valence-electron chi connectivity index (χ0n) is 10.5. The number of nitrogens with two attached hydrogens (primary N) is 1. The van der Waals surface area contributed by atoms with Crippen LogP contribution in [0.2, 0.25) is 5.02 Å². The van der Waals surface area contributed by atoms with Gasteiger partial charge >= 0.3 is 0 Å². The molecule has 0 spiro atoms. The summed E-state index contributed by atoms with van der Waals surface area (Å²) in [5, 5.41) is 23.5. The number of halogens is 1. The molecule has 4 N–H and O–H groups in total. The average molecular weight is 286 g/mol. The molecule has 0 saturated carbocycles. The molecule has 0 fully saturated rings. The van der Waals surface area contributed by atoms with Gasteiger partial charge < -0.3 is 16.2 Å². The second kappa shape index (κ2) is 7.08. The second-order valence-corrected chi connectivity index (χ2v) is 4.34. The van der Waals surface area contributed by atoms with Crippen LogP contribution in [0.25, 0.3) is 0 Å². The van der Waals surface area contributed by atoms with Gasteiger partial charge in [-0.25, -0.2) is 0 Å². The Hall–Kier alpha value is -1.63. The highest BCUT2D eigenvalue weighted by molar-refractivity contribution is 6.31. The maximum atomic E-state index is 10.9. The van der Waals surface area contributed by atoms with Crippen LogP contribution in [0.5, 0.6) is 0 Å². The van der Waals surface area contributed by atoms with Gasteiger partial charge in [-0.1, -0.05) is 23.8 Å². The number of aliphatic hydroxyl groups excluding tert-OH is 1. The van der Waals surface area contributed by atoms with Gasteiger partial charge in [0.1, 0.15) is 5.69 Å². The third-order valence-corrected chi connectivity index (χ3v) is 2.98. The zero-order valence-corrected chi connectivity index (χ0v) is 11.2. The highest BCUT2D eigenvalue weighted by Gasteiger charge is 2.17. The Morgan fingerprint density at radius 1 is 1.63 bits per heavy atom. The molecule has 7 heteroatoms. The lowest BCUT2D eigenvalue weighted by Crippen LogP contribution is -2.17. The van der Waals surface area contributed by atoms with E-state index in [1.165, 1.54) is 18.2 Å². The van der Waals surface area contributed by atoms with Crippen LogP contribution in [0.15, 0.2) is 24.3 Å². The van der Waals surface area contributed by atoms with Crippen LogP contribution in [0, 0.1) is 17.0 Å². The zero-order chi connectivity index (χ0) is 14.4. The lowest BCUT2D eigenvalue weighted by atomic mass is 10.1. The molecule has 0 bridgehead atoms. The molecule has 0 aromatic heterocycles. The van der Waals surface area contributed by atoms with Crippen molar-refractivity contribution in [3.63, 3.8) is 0 Å². The Balaban J connectivity index is 2.85. The topological polar surface area (TPSA) is 101 Å². The average Bonchev–Trinajstić information content (AvgIpc) is 2.38. The fourth-order valence-corrected chi connectivity index (χ4v) is 1.67. The largest absolute Gasteiger partial charge is 0.388 e. The number of nitrogens with one attached hydrogen (secondary N) is 1. The molecule has 1 rings (SSSR count). The molecule has 1 aromatic carbocycles. The Kier molecular flexibility index (Phi) is 5.75. The van der Waals surface area contributed by atoms with Crippen molar-refractivity contribution in [2.45, 2.75) is 13.0 Å². The predicted molar refractivity (Wildman–Crippen MR) is 75.5 cm³/mol. The van der Waals surface area contributed by atoms with Crippen LogP contribution in [0.4, 0.5) is 11.4 Å². The van der Waals surface area contributed by atoms with Gasteiger partial charge in [-0.2, -0.15) is 0 Å². The molecule has 0 amide bonds. The molecule has 0 aliphatic heterocycles. The Morgan fingerprint density at radius 3 is 2.89 bits per heavy atom. The molecule has 19 heavy (non-hydrogen) atoms. The van der Waals surface area contributed by atoms with Crippen molar-refractivity contribution in [1.82, 2.24) is 0 Å². The maximum Gasteiger partial charge on any atom is 0.292 e. The summed E-state index contributed by atoms with van der Waals surface area (Å²) in [5.74, 6) is 0. The summed E-state index contributed by atoms with van der Waals surface area (Å²) in [5.41, 5.74) is 6.21. The predicted octanol–water partition coefficient (Wildman–Crippen LogP) is 1.84. The molecule has 1 atom stereocenters. The van der Waals surface area contributed by atoms with Crippen LogP contribution >= 0.6 is 11.6 Å². The minimum Gasteiger partial charge on any atom is -0.388 e. The summed E-state index contributed by atoms with van der Waals surface area (Å²) >= 11 is 5.94. The van der Waals surface area contributed by atoms with Crippen LogP contribution in [-0.2, 0) is 0 Å². The van der Waals surface area contributed by atoms with Crippen molar-refractivity contribution >= 4 is 23.0 Å². The van der Waals surface area contributed by atoms with Crippen LogP contribution in [0.1, 0.15) is 5.56 Å². The number of rotatable bonds is 6. The summed E-state index contributed by atoms with van der Waals surface area (Å²) in [7, 11) is 0. The van der Waals surface area contributed by atoms with E-state index in [4.69, 9.17) is 17.3 Å². The lowest BCUT2D eigenvalue weighted by Gasteiger charge is -2.09. The molecule has 1 aromatic rings. The summed E-state index contributed by atoms with van der Waals surface area (Å²) in [6.07, 6.45) is 2.47. The van der Waals surface area contributed by atoms with Crippen LogP contribution in [0.3, 0.4) is 0 Å². The first-order valence-corrected chi connectivity index (χ1v) is 6.07. The van der Waals surface area contributed by atoms with E-state index in [0.29, 0.717) is 22.8 Å². The van der Waals surface area contributed by atoms with Gasteiger partial charge in [-0.05, 0) is 18.6 Å². The van der Waals surface area contributed by atoms with Gasteiger partial charge in [-0.15, -0.1) is 0 Å². The third kappa shape index (κ3) is 4.20. The van der Waals surface area contributed by atoms with Gasteiger partial charge in [0.2, 0.25) is 0 Å². The van der Waals surface area contributed by atoms with E-state index in [2.05, 4.69) is 5.32 Å². The third-order valence-electron chi connectivity index (χ3n) is 2.57. The number of nitro groups is 1. The number of nitrogens with zero attached hydrogens (tertiary/aromatic N) is 1. The smallest absolute Gasteiger partial charge is 0.292 e. The summed E-state index contributed by atoms with van der Waals surface area (Å²) < 4.78 is 0. The quantitative estimate of drug-likeness (QED) is 0.420. The Labute approximate surface area is 116 Å².